The summed E-state index contributed by atoms with van der Waals surface area (Å²) in [5, 5.41) is 20.5. The summed E-state index contributed by atoms with van der Waals surface area (Å²) in [5.74, 6) is 0. The van der Waals surface area contributed by atoms with Crippen LogP contribution in [0.25, 0.3) is 0 Å². The van der Waals surface area contributed by atoms with E-state index in [0.29, 0.717) is 11.3 Å². The van der Waals surface area contributed by atoms with E-state index in [1.54, 1.807) is 19.1 Å². The summed E-state index contributed by atoms with van der Waals surface area (Å²) in [5.41, 5.74) is 1.21. The number of rotatable bonds is 6. The van der Waals surface area contributed by atoms with Crippen LogP contribution < -0.4 is 4.90 Å². The zero-order chi connectivity index (χ0) is 13.7. The predicted octanol–water partition coefficient (Wildman–Crippen LogP) is 2.88. The van der Waals surface area contributed by atoms with E-state index in [-0.39, 0.29) is 5.69 Å². The Bertz CT molecular complexity index is 419. The molecule has 18 heavy (non-hydrogen) atoms. The Balaban J connectivity index is 3.07. The van der Waals surface area contributed by atoms with E-state index in [4.69, 9.17) is 0 Å². The van der Waals surface area contributed by atoms with Crippen LogP contribution in [0, 0.1) is 10.1 Å². The minimum atomic E-state index is -0.696. The average molecular weight is 252 g/mol. The van der Waals surface area contributed by atoms with Crippen molar-refractivity contribution in [3.05, 3.63) is 33.9 Å². The Morgan fingerprint density at radius 3 is 2.67 bits per heavy atom. The Kier molecular flexibility index (Phi) is 5.09. The Labute approximate surface area is 107 Å². The molecule has 0 radical (unpaired) electrons. The molecule has 1 rings (SSSR count). The number of nitro groups is 1. The Morgan fingerprint density at radius 1 is 1.50 bits per heavy atom. The largest absolute Gasteiger partial charge is 0.389 e. The standard InChI is InChI=1S/C13H20N2O3/c1-4-5-8-14(3)12-7-6-11(10(2)16)9-13(12)15(17)18/h6-7,9-10,16H,4-5,8H2,1-3H3. The highest BCUT2D eigenvalue weighted by Crippen LogP contribution is 2.30. The number of hydrogen-bond donors (Lipinski definition) is 1. The van der Waals surface area contributed by atoms with Crippen molar-refractivity contribution < 1.29 is 10.0 Å². The number of hydrogen-bond acceptors (Lipinski definition) is 4. The van der Waals surface area contributed by atoms with E-state index < -0.39 is 11.0 Å². The van der Waals surface area contributed by atoms with Crippen molar-refractivity contribution in [3.63, 3.8) is 0 Å². The van der Waals surface area contributed by atoms with Crippen molar-refractivity contribution in [2.75, 3.05) is 18.5 Å². The first-order valence-electron chi connectivity index (χ1n) is 6.15. The van der Waals surface area contributed by atoms with Crippen molar-refractivity contribution in [1.82, 2.24) is 0 Å². The molecule has 0 aliphatic carbocycles. The highest BCUT2D eigenvalue weighted by Gasteiger charge is 2.18. The quantitative estimate of drug-likeness (QED) is 0.624. The molecule has 0 saturated heterocycles. The molecule has 0 bridgehead atoms. The van der Waals surface area contributed by atoms with Gasteiger partial charge < -0.3 is 10.0 Å². The van der Waals surface area contributed by atoms with Crippen LogP contribution in [0.5, 0.6) is 0 Å². The third-order valence-electron chi connectivity index (χ3n) is 2.94. The molecule has 1 N–H and O–H groups in total. The van der Waals surface area contributed by atoms with Crippen LogP contribution in [0.1, 0.15) is 38.4 Å². The fourth-order valence-electron chi connectivity index (χ4n) is 1.79. The summed E-state index contributed by atoms with van der Waals surface area (Å²) in [4.78, 5) is 12.6. The van der Waals surface area contributed by atoms with E-state index in [2.05, 4.69) is 6.92 Å². The van der Waals surface area contributed by atoms with Crippen LogP contribution in [0.15, 0.2) is 18.2 Å². The molecule has 0 aromatic heterocycles. The molecule has 0 aliphatic rings. The molecule has 1 atom stereocenters. The zero-order valence-electron chi connectivity index (χ0n) is 11.1. The van der Waals surface area contributed by atoms with Gasteiger partial charge in [-0.3, -0.25) is 10.1 Å². The summed E-state index contributed by atoms with van der Waals surface area (Å²) >= 11 is 0. The maximum absolute atomic E-state index is 11.1. The molecule has 100 valence electrons. The molecule has 5 nitrogen and oxygen atoms in total. The van der Waals surface area contributed by atoms with Crippen LogP contribution in [-0.2, 0) is 0 Å². The summed E-state index contributed by atoms with van der Waals surface area (Å²) in [6.45, 7) is 4.46. The highest BCUT2D eigenvalue weighted by atomic mass is 16.6. The fourth-order valence-corrected chi connectivity index (χ4v) is 1.79. The molecular weight excluding hydrogens is 232 g/mol. The molecule has 0 fully saturated rings. The minimum Gasteiger partial charge on any atom is -0.389 e. The number of unbranched alkanes of at least 4 members (excludes halogenated alkanes) is 1. The van der Waals surface area contributed by atoms with E-state index in [0.717, 1.165) is 19.4 Å². The average Bonchev–Trinajstić information content (AvgIpc) is 2.34. The normalized spacial score (nSPS) is 12.2. The van der Waals surface area contributed by atoms with Crippen LogP contribution in [0.4, 0.5) is 11.4 Å². The molecule has 0 saturated carbocycles. The van der Waals surface area contributed by atoms with Gasteiger partial charge in [0.25, 0.3) is 5.69 Å². The second-order valence-corrected chi connectivity index (χ2v) is 4.46. The van der Waals surface area contributed by atoms with Crippen LogP contribution in [0.3, 0.4) is 0 Å². The maximum Gasteiger partial charge on any atom is 0.292 e. The summed E-state index contributed by atoms with van der Waals surface area (Å²) in [6.07, 6.45) is 1.34. The molecule has 1 aromatic rings. The van der Waals surface area contributed by atoms with Crippen LogP contribution in [0.2, 0.25) is 0 Å². The third kappa shape index (κ3) is 3.43. The lowest BCUT2D eigenvalue weighted by atomic mass is 10.1. The van der Waals surface area contributed by atoms with E-state index in [1.165, 1.54) is 6.07 Å². The van der Waals surface area contributed by atoms with Gasteiger partial charge in [0.05, 0.1) is 11.0 Å². The number of aliphatic hydroxyl groups excluding tert-OH is 1. The first kappa shape index (κ1) is 14.4. The second-order valence-electron chi connectivity index (χ2n) is 4.46. The minimum absolute atomic E-state index is 0.0482. The number of aliphatic hydroxyl groups is 1. The van der Waals surface area contributed by atoms with E-state index in [1.807, 2.05) is 11.9 Å². The van der Waals surface area contributed by atoms with Gasteiger partial charge >= 0.3 is 0 Å². The van der Waals surface area contributed by atoms with Crippen LogP contribution >= 0.6 is 0 Å². The van der Waals surface area contributed by atoms with Crippen molar-refractivity contribution in [1.29, 1.82) is 0 Å². The molecule has 0 spiro atoms. The van der Waals surface area contributed by atoms with Gasteiger partial charge in [-0.15, -0.1) is 0 Å². The lowest BCUT2D eigenvalue weighted by Gasteiger charge is -2.19. The highest BCUT2D eigenvalue weighted by molar-refractivity contribution is 5.64. The van der Waals surface area contributed by atoms with Gasteiger partial charge in [-0.2, -0.15) is 0 Å². The molecule has 0 amide bonds. The number of anilines is 1. The second kappa shape index (κ2) is 6.35. The summed E-state index contributed by atoms with van der Waals surface area (Å²) in [6, 6.07) is 4.88. The molecule has 0 aliphatic heterocycles. The van der Waals surface area contributed by atoms with Crippen molar-refractivity contribution in [2.45, 2.75) is 32.8 Å². The predicted molar refractivity (Wildman–Crippen MR) is 71.9 cm³/mol. The van der Waals surface area contributed by atoms with Crippen molar-refractivity contribution >= 4 is 11.4 Å². The first-order valence-corrected chi connectivity index (χ1v) is 6.15. The number of nitro benzene ring substituents is 1. The van der Waals surface area contributed by atoms with E-state index in [9.17, 15) is 15.2 Å². The molecule has 5 heteroatoms. The topological polar surface area (TPSA) is 66.6 Å². The third-order valence-corrected chi connectivity index (χ3v) is 2.94. The fraction of sp³-hybridized carbons (Fsp3) is 0.538. The van der Waals surface area contributed by atoms with Gasteiger partial charge in [0.15, 0.2) is 0 Å². The maximum atomic E-state index is 11.1. The lowest BCUT2D eigenvalue weighted by Crippen LogP contribution is -2.19. The summed E-state index contributed by atoms with van der Waals surface area (Å²) in [7, 11) is 1.85. The van der Waals surface area contributed by atoms with Gasteiger partial charge in [0, 0.05) is 19.7 Å². The van der Waals surface area contributed by atoms with Gasteiger partial charge in [-0.25, -0.2) is 0 Å². The SMILES string of the molecule is CCCCN(C)c1ccc(C(C)O)cc1[N+](=O)[O-]. The van der Waals surface area contributed by atoms with E-state index >= 15 is 0 Å². The zero-order valence-corrected chi connectivity index (χ0v) is 11.1. The first-order chi connectivity index (χ1) is 8.47. The van der Waals surface area contributed by atoms with Gasteiger partial charge in [0.1, 0.15) is 5.69 Å². The number of benzene rings is 1. The van der Waals surface area contributed by atoms with Gasteiger partial charge in [-0.05, 0) is 25.0 Å². The van der Waals surface area contributed by atoms with Crippen LogP contribution in [-0.4, -0.2) is 23.6 Å². The summed E-state index contributed by atoms with van der Waals surface area (Å²) < 4.78 is 0. The number of nitrogens with zero attached hydrogens (tertiary/aromatic N) is 2. The van der Waals surface area contributed by atoms with Gasteiger partial charge in [-0.1, -0.05) is 19.4 Å². The molecule has 1 unspecified atom stereocenters. The molecule has 1 aromatic carbocycles. The van der Waals surface area contributed by atoms with Crippen molar-refractivity contribution in [3.8, 4) is 0 Å². The van der Waals surface area contributed by atoms with Crippen molar-refractivity contribution in [2.24, 2.45) is 0 Å². The molecular formula is C13H20N2O3. The monoisotopic (exact) mass is 252 g/mol. The van der Waals surface area contributed by atoms with Gasteiger partial charge in [0.2, 0.25) is 0 Å². The Morgan fingerprint density at radius 2 is 2.17 bits per heavy atom. The molecule has 0 heterocycles. The lowest BCUT2D eigenvalue weighted by molar-refractivity contribution is -0.384. The Hall–Kier alpha value is -1.62. The smallest absolute Gasteiger partial charge is 0.292 e.